The minimum Gasteiger partial charge on any atom is -0.295 e. The van der Waals surface area contributed by atoms with Crippen LogP contribution < -0.4 is 0 Å². The third-order valence-corrected chi connectivity index (χ3v) is 3.61. The molecule has 2 aromatic carbocycles. The summed E-state index contributed by atoms with van der Waals surface area (Å²) in [7, 11) is 0. The Morgan fingerprint density at radius 3 is 2.68 bits per heavy atom. The topological polar surface area (TPSA) is 17.8 Å². The van der Waals surface area contributed by atoms with E-state index in [9.17, 15) is 0 Å². The summed E-state index contributed by atoms with van der Waals surface area (Å²) in [6, 6.07) is 13.8. The molecular weight excluding hydrogens is 279 g/mol. The van der Waals surface area contributed by atoms with Gasteiger partial charge in [-0.05, 0) is 36.8 Å². The van der Waals surface area contributed by atoms with Crippen LogP contribution in [0.3, 0.4) is 0 Å². The minimum absolute atomic E-state index is 0.362. The van der Waals surface area contributed by atoms with Crippen LogP contribution in [0.15, 0.2) is 42.5 Å². The van der Waals surface area contributed by atoms with Crippen molar-refractivity contribution in [3.8, 4) is 5.69 Å². The number of hydrogen-bond acceptors (Lipinski definition) is 1. The van der Waals surface area contributed by atoms with Gasteiger partial charge in [0.15, 0.2) is 0 Å². The summed E-state index contributed by atoms with van der Waals surface area (Å²) in [4.78, 5) is 4.59. The molecule has 0 aliphatic heterocycles. The highest BCUT2D eigenvalue weighted by Gasteiger charge is 2.13. The van der Waals surface area contributed by atoms with E-state index in [-0.39, 0.29) is 0 Å². The molecule has 0 bridgehead atoms. The van der Waals surface area contributed by atoms with Gasteiger partial charge in [-0.25, -0.2) is 4.98 Å². The molecule has 1 aromatic heterocycles. The molecule has 0 radical (unpaired) electrons. The summed E-state index contributed by atoms with van der Waals surface area (Å²) in [5.74, 6) is 1.19. The Kier molecular flexibility index (Phi) is 3.21. The highest BCUT2D eigenvalue weighted by Crippen LogP contribution is 2.26. The predicted molar refractivity (Wildman–Crippen MR) is 80.4 cm³/mol. The molecule has 0 aliphatic carbocycles. The van der Waals surface area contributed by atoms with Crippen LogP contribution in [0.5, 0.6) is 0 Å². The number of halogens is 2. The van der Waals surface area contributed by atoms with Crippen molar-refractivity contribution in [2.24, 2.45) is 0 Å². The van der Waals surface area contributed by atoms with E-state index in [0.717, 1.165) is 22.5 Å². The second-order valence-corrected chi connectivity index (χ2v) is 5.12. The zero-order chi connectivity index (χ0) is 13.4. The second-order valence-electron chi connectivity index (χ2n) is 4.42. The van der Waals surface area contributed by atoms with Gasteiger partial charge in [-0.2, -0.15) is 0 Å². The minimum atomic E-state index is 0.362. The molecule has 0 amide bonds. The fraction of sp³-hybridized carbons (Fsp3) is 0.133. The summed E-state index contributed by atoms with van der Waals surface area (Å²) in [5.41, 5.74) is 4.19. The molecule has 3 aromatic rings. The van der Waals surface area contributed by atoms with Crippen LogP contribution >= 0.6 is 23.2 Å². The largest absolute Gasteiger partial charge is 0.295 e. The molecule has 0 aliphatic rings. The lowest BCUT2D eigenvalue weighted by Crippen LogP contribution is -2.00. The highest BCUT2D eigenvalue weighted by atomic mass is 35.5. The Hall–Kier alpha value is -1.51. The predicted octanol–water partition coefficient (Wildman–Crippen LogP) is 4.73. The number of hydrogen-bond donors (Lipinski definition) is 0. The fourth-order valence-corrected chi connectivity index (χ4v) is 2.69. The average molecular weight is 291 g/mol. The maximum atomic E-state index is 6.08. The van der Waals surface area contributed by atoms with Gasteiger partial charge in [-0.15, -0.1) is 11.6 Å². The lowest BCUT2D eigenvalue weighted by atomic mass is 10.2. The zero-order valence-electron chi connectivity index (χ0n) is 10.4. The van der Waals surface area contributed by atoms with Gasteiger partial charge < -0.3 is 0 Å². The number of aryl methyl sites for hydroxylation is 1. The van der Waals surface area contributed by atoms with Crippen molar-refractivity contribution in [2.75, 3.05) is 0 Å². The van der Waals surface area contributed by atoms with Gasteiger partial charge in [0.25, 0.3) is 0 Å². The Labute approximate surface area is 121 Å². The Bertz CT molecular complexity index is 747. The molecule has 0 N–H and O–H groups in total. The van der Waals surface area contributed by atoms with Crippen molar-refractivity contribution in [1.29, 1.82) is 0 Å². The van der Waals surface area contributed by atoms with Crippen LogP contribution in [-0.2, 0) is 5.88 Å². The number of rotatable bonds is 2. The molecule has 0 atom stereocenters. The first-order valence-corrected chi connectivity index (χ1v) is 6.91. The van der Waals surface area contributed by atoms with Crippen LogP contribution in [-0.4, -0.2) is 9.55 Å². The molecular formula is C15H12Cl2N2. The number of alkyl halides is 1. The van der Waals surface area contributed by atoms with E-state index in [0.29, 0.717) is 10.9 Å². The monoisotopic (exact) mass is 290 g/mol. The highest BCUT2D eigenvalue weighted by molar-refractivity contribution is 6.30. The van der Waals surface area contributed by atoms with Crippen molar-refractivity contribution in [3.63, 3.8) is 0 Å². The van der Waals surface area contributed by atoms with E-state index in [1.807, 2.05) is 36.4 Å². The number of fused-ring (bicyclic) bond motifs is 1. The van der Waals surface area contributed by atoms with Crippen molar-refractivity contribution in [1.82, 2.24) is 9.55 Å². The number of nitrogens with zero attached hydrogens (tertiary/aromatic N) is 2. The Morgan fingerprint density at radius 1 is 1.16 bits per heavy atom. The summed E-state index contributed by atoms with van der Waals surface area (Å²) < 4.78 is 2.07. The summed E-state index contributed by atoms with van der Waals surface area (Å²) in [6.07, 6.45) is 0. The number of benzene rings is 2. The number of aromatic nitrogens is 2. The quantitative estimate of drug-likeness (QED) is 0.624. The molecule has 4 heteroatoms. The van der Waals surface area contributed by atoms with E-state index in [4.69, 9.17) is 23.2 Å². The lowest BCUT2D eigenvalue weighted by molar-refractivity contribution is 0.979. The van der Waals surface area contributed by atoms with Gasteiger partial charge in [0.2, 0.25) is 0 Å². The summed E-state index contributed by atoms with van der Waals surface area (Å²) >= 11 is 12.1. The first-order chi connectivity index (χ1) is 9.20. The van der Waals surface area contributed by atoms with Crippen LogP contribution in [0.1, 0.15) is 11.4 Å². The second kappa shape index (κ2) is 4.87. The number of imidazole rings is 1. The molecule has 3 rings (SSSR count). The van der Waals surface area contributed by atoms with Crippen LogP contribution in [0, 0.1) is 6.92 Å². The van der Waals surface area contributed by atoms with Crippen LogP contribution in [0.2, 0.25) is 5.02 Å². The molecule has 0 saturated heterocycles. The van der Waals surface area contributed by atoms with Gasteiger partial charge in [0.1, 0.15) is 5.82 Å². The molecule has 19 heavy (non-hydrogen) atoms. The van der Waals surface area contributed by atoms with Gasteiger partial charge in [0, 0.05) is 10.7 Å². The van der Waals surface area contributed by atoms with Crippen molar-refractivity contribution in [2.45, 2.75) is 12.8 Å². The van der Waals surface area contributed by atoms with Gasteiger partial charge in [-0.3, -0.25) is 4.57 Å². The summed E-state index contributed by atoms with van der Waals surface area (Å²) in [5, 5.41) is 0.702. The van der Waals surface area contributed by atoms with E-state index < -0.39 is 0 Å². The van der Waals surface area contributed by atoms with Gasteiger partial charge >= 0.3 is 0 Å². The fourth-order valence-electron chi connectivity index (χ4n) is 2.33. The van der Waals surface area contributed by atoms with E-state index >= 15 is 0 Å². The summed E-state index contributed by atoms with van der Waals surface area (Å²) in [6.45, 7) is 2.07. The molecule has 96 valence electrons. The Balaban J connectivity index is 2.38. The van der Waals surface area contributed by atoms with E-state index in [1.165, 1.54) is 5.56 Å². The lowest BCUT2D eigenvalue weighted by Gasteiger charge is -2.09. The standard InChI is InChI=1S/C15H12Cl2N2/c1-10-4-2-7-13-15(10)19(14(9-16)18-13)12-6-3-5-11(17)8-12/h2-8H,9H2,1H3. The SMILES string of the molecule is Cc1cccc2nc(CCl)n(-c3cccc(Cl)c3)c12. The van der Waals surface area contributed by atoms with Gasteiger partial charge in [-0.1, -0.05) is 29.8 Å². The Morgan fingerprint density at radius 2 is 1.95 bits per heavy atom. The molecule has 0 spiro atoms. The third-order valence-electron chi connectivity index (χ3n) is 3.13. The third kappa shape index (κ3) is 2.11. The first kappa shape index (κ1) is 12.5. The average Bonchev–Trinajstić information content (AvgIpc) is 2.78. The maximum absolute atomic E-state index is 6.08. The number of para-hydroxylation sites is 1. The normalized spacial score (nSPS) is 11.1. The molecule has 2 nitrogen and oxygen atoms in total. The first-order valence-electron chi connectivity index (χ1n) is 5.99. The van der Waals surface area contributed by atoms with Crippen molar-refractivity contribution in [3.05, 3.63) is 58.9 Å². The maximum Gasteiger partial charge on any atom is 0.129 e. The molecule has 1 heterocycles. The van der Waals surface area contributed by atoms with Crippen LogP contribution in [0.25, 0.3) is 16.7 Å². The molecule has 0 fully saturated rings. The smallest absolute Gasteiger partial charge is 0.129 e. The zero-order valence-corrected chi connectivity index (χ0v) is 11.9. The van der Waals surface area contributed by atoms with Crippen LogP contribution in [0.4, 0.5) is 0 Å². The van der Waals surface area contributed by atoms with Crippen molar-refractivity contribution < 1.29 is 0 Å². The van der Waals surface area contributed by atoms with E-state index in [2.05, 4.69) is 22.5 Å². The molecule has 0 saturated carbocycles. The van der Waals surface area contributed by atoms with Crippen molar-refractivity contribution >= 4 is 34.2 Å². The van der Waals surface area contributed by atoms with E-state index in [1.54, 1.807) is 0 Å². The molecule has 0 unspecified atom stereocenters. The van der Waals surface area contributed by atoms with Gasteiger partial charge in [0.05, 0.1) is 16.9 Å².